The van der Waals surface area contributed by atoms with Gasteiger partial charge in [0.1, 0.15) is 5.60 Å². The number of benzene rings is 2. The monoisotopic (exact) mass is 567 g/mol. The van der Waals surface area contributed by atoms with Crippen LogP contribution in [0.2, 0.25) is 0 Å². The minimum atomic E-state index is -4.70. The van der Waals surface area contributed by atoms with Gasteiger partial charge in [0.2, 0.25) is 5.91 Å². The summed E-state index contributed by atoms with van der Waals surface area (Å²) in [4.78, 5) is 42.8. The molecule has 7 nitrogen and oxygen atoms in total. The fourth-order valence-electron chi connectivity index (χ4n) is 4.40. The van der Waals surface area contributed by atoms with Crippen LogP contribution < -0.4 is 10.6 Å². The van der Waals surface area contributed by atoms with Gasteiger partial charge in [-0.1, -0.05) is 18.2 Å². The number of carbonyl (C=O) groups excluding carboxylic acids is 3. The van der Waals surface area contributed by atoms with Crippen LogP contribution in [0.5, 0.6) is 0 Å². The molecule has 0 radical (unpaired) electrons. The quantitative estimate of drug-likeness (QED) is 0.224. The molecule has 2 aromatic carbocycles. The number of aryl methyl sites for hydroxylation is 2. The number of nitrogens with zero attached hydrogens (tertiary/aromatic N) is 1. The number of amides is 2. The van der Waals surface area contributed by atoms with E-state index in [2.05, 4.69) is 15.6 Å². The molecule has 0 saturated heterocycles. The number of alkyl halides is 3. The molecule has 0 bridgehead atoms. The van der Waals surface area contributed by atoms with Crippen molar-refractivity contribution in [3.8, 4) is 11.1 Å². The van der Waals surface area contributed by atoms with Gasteiger partial charge in [-0.15, -0.1) is 0 Å². The Morgan fingerprint density at radius 2 is 1.61 bits per heavy atom. The average molecular weight is 568 g/mol. The van der Waals surface area contributed by atoms with Gasteiger partial charge in [0.05, 0.1) is 23.4 Å². The third-order valence-corrected chi connectivity index (χ3v) is 6.39. The van der Waals surface area contributed by atoms with E-state index in [0.717, 1.165) is 47.5 Å². The first-order chi connectivity index (χ1) is 19.1. The van der Waals surface area contributed by atoms with Crippen LogP contribution in [0, 0.1) is 13.8 Å². The highest BCUT2D eigenvalue weighted by Crippen LogP contribution is 2.40. The Morgan fingerprint density at radius 3 is 2.24 bits per heavy atom. The minimum Gasteiger partial charge on any atom is -0.444 e. The van der Waals surface area contributed by atoms with Gasteiger partial charge < -0.3 is 10.1 Å². The van der Waals surface area contributed by atoms with Crippen LogP contribution in [0.15, 0.2) is 48.5 Å². The smallest absolute Gasteiger partial charge is 0.416 e. The molecule has 0 spiro atoms. The summed E-state index contributed by atoms with van der Waals surface area (Å²) in [6, 6.07) is 12.6. The molecule has 2 amide bonds. The third-order valence-electron chi connectivity index (χ3n) is 6.39. The number of pyridine rings is 1. The van der Waals surface area contributed by atoms with Crippen LogP contribution in [0.3, 0.4) is 0 Å². The van der Waals surface area contributed by atoms with Crippen LogP contribution >= 0.6 is 0 Å². The first kappa shape index (κ1) is 29.8. The lowest BCUT2D eigenvalue weighted by Crippen LogP contribution is -2.28. The van der Waals surface area contributed by atoms with Crippen molar-refractivity contribution in [2.75, 3.05) is 10.6 Å². The number of hydrogen-bond donors (Lipinski definition) is 2. The summed E-state index contributed by atoms with van der Waals surface area (Å²) in [5.74, 6) is -0.890. The maximum atomic E-state index is 13.6. The van der Waals surface area contributed by atoms with Gasteiger partial charge in [-0.2, -0.15) is 13.2 Å². The van der Waals surface area contributed by atoms with Gasteiger partial charge in [-0.05, 0) is 94.5 Å². The van der Waals surface area contributed by atoms with Crippen molar-refractivity contribution in [3.63, 3.8) is 0 Å². The molecule has 3 aromatic rings. The third kappa shape index (κ3) is 7.93. The van der Waals surface area contributed by atoms with E-state index in [-0.39, 0.29) is 22.5 Å². The normalized spacial score (nSPS) is 13.5. The number of anilines is 2. The van der Waals surface area contributed by atoms with E-state index in [0.29, 0.717) is 5.92 Å². The second kappa shape index (κ2) is 11.3. The molecule has 0 unspecified atom stereocenters. The predicted octanol–water partition coefficient (Wildman–Crippen LogP) is 7.82. The Balaban J connectivity index is 1.54. The summed E-state index contributed by atoms with van der Waals surface area (Å²) in [5.41, 5.74) is 1.47. The number of Topliss-reactive ketones (excluding diaryl/α,β-unsaturated/α-hetero) is 1. The lowest BCUT2D eigenvalue weighted by molar-refractivity contribution is -0.138. The molecule has 0 aliphatic heterocycles. The van der Waals surface area contributed by atoms with E-state index in [1.54, 1.807) is 39.0 Å². The summed E-state index contributed by atoms with van der Waals surface area (Å²) < 4.78 is 46.0. The number of hydrogen-bond acceptors (Lipinski definition) is 5. The summed E-state index contributed by atoms with van der Waals surface area (Å²) in [6.07, 6.45) is -4.02. The highest BCUT2D eigenvalue weighted by Gasteiger charge is 2.34. The van der Waals surface area contributed by atoms with Crippen molar-refractivity contribution in [2.24, 2.45) is 0 Å². The number of ketones is 1. The molecular weight excluding hydrogens is 535 g/mol. The first-order valence-corrected chi connectivity index (χ1v) is 13.2. The van der Waals surface area contributed by atoms with Gasteiger partial charge in [-0.25, -0.2) is 4.79 Å². The van der Waals surface area contributed by atoms with Gasteiger partial charge >= 0.3 is 12.3 Å². The molecule has 1 aromatic heterocycles. The molecule has 10 heteroatoms. The Bertz CT molecular complexity index is 1510. The van der Waals surface area contributed by atoms with Gasteiger partial charge in [0, 0.05) is 22.9 Å². The minimum absolute atomic E-state index is 0.0907. The number of carbonyl (C=O) groups is 3. The lowest BCUT2D eigenvalue weighted by Gasteiger charge is -2.21. The second-order valence-electron chi connectivity index (χ2n) is 11.3. The number of rotatable bonds is 7. The maximum absolute atomic E-state index is 13.6. The maximum Gasteiger partial charge on any atom is 0.416 e. The van der Waals surface area contributed by atoms with E-state index in [1.165, 1.54) is 6.92 Å². The van der Waals surface area contributed by atoms with Crippen molar-refractivity contribution >= 4 is 29.2 Å². The summed E-state index contributed by atoms with van der Waals surface area (Å²) >= 11 is 0. The molecular formula is C31H32F3N3O4. The highest BCUT2D eigenvalue weighted by atomic mass is 19.4. The molecule has 1 saturated carbocycles. The zero-order valence-electron chi connectivity index (χ0n) is 23.5. The van der Waals surface area contributed by atoms with Crippen LogP contribution in [0.1, 0.15) is 78.8 Å². The SMILES string of the molecule is Cc1cc(-c2cccc(C(=O)CC(=O)Nc3cc(C(F)(F)F)c(C)cc3NC(=O)OC(C)(C)C)c2)cc(C2CC2)n1. The number of ether oxygens (including phenoxy) is 1. The summed E-state index contributed by atoms with van der Waals surface area (Å²) in [7, 11) is 0. The topological polar surface area (TPSA) is 97.4 Å². The molecule has 2 N–H and O–H groups in total. The molecule has 41 heavy (non-hydrogen) atoms. The van der Waals surface area contributed by atoms with E-state index in [1.807, 2.05) is 25.1 Å². The van der Waals surface area contributed by atoms with Crippen LogP contribution in [0.4, 0.5) is 29.3 Å². The van der Waals surface area contributed by atoms with Crippen molar-refractivity contribution < 1.29 is 32.3 Å². The highest BCUT2D eigenvalue weighted by molar-refractivity contribution is 6.12. The molecule has 216 valence electrons. The summed E-state index contributed by atoms with van der Waals surface area (Å²) in [5, 5.41) is 4.75. The standard InChI is InChI=1S/C31H32F3N3O4/c1-17-11-25(37-29(40)41-30(3,4)5)26(15-23(17)31(32,33)34)36-28(39)16-27(38)21-8-6-7-20(13-21)22-12-18(2)35-24(14-22)19-9-10-19/h6-8,11-15,19H,9-10,16H2,1-5H3,(H,36,39)(H,37,40). The number of halogens is 3. The van der Waals surface area contributed by atoms with Gasteiger partial charge in [-0.3, -0.25) is 19.9 Å². The fraction of sp³-hybridized carbons (Fsp3) is 0.355. The molecule has 1 fully saturated rings. The lowest BCUT2D eigenvalue weighted by atomic mass is 9.99. The molecule has 1 heterocycles. The fourth-order valence-corrected chi connectivity index (χ4v) is 4.40. The van der Waals surface area contributed by atoms with Crippen LogP contribution in [-0.4, -0.2) is 28.4 Å². The molecule has 1 aliphatic carbocycles. The van der Waals surface area contributed by atoms with Crippen LogP contribution in [0.25, 0.3) is 11.1 Å². The average Bonchev–Trinajstić information content (AvgIpc) is 3.69. The van der Waals surface area contributed by atoms with Crippen LogP contribution in [-0.2, 0) is 15.7 Å². The van der Waals surface area contributed by atoms with E-state index in [9.17, 15) is 27.6 Å². The van der Waals surface area contributed by atoms with Crippen molar-refractivity contribution in [1.29, 1.82) is 0 Å². The van der Waals surface area contributed by atoms with E-state index >= 15 is 0 Å². The van der Waals surface area contributed by atoms with Gasteiger partial charge in [0.15, 0.2) is 5.78 Å². The number of nitrogens with one attached hydrogen (secondary N) is 2. The van der Waals surface area contributed by atoms with Crippen molar-refractivity contribution in [1.82, 2.24) is 4.98 Å². The Labute approximate surface area is 236 Å². The van der Waals surface area contributed by atoms with E-state index < -0.39 is 41.5 Å². The predicted molar refractivity (Wildman–Crippen MR) is 150 cm³/mol. The zero-order valence-corrected chi connectivity index (χ0v) is 23.5. The van der Waals surface area contributed by atoms with Gasteiger partial charge in [0.25, 0.3) is 0 Å². The summed E-state index contributed by atoms with van der Waals surface area (Å²) in [6.45, 7) is 8.06. The number of aromatic nitrogens is 1. The van der Waals surface area contributed by atoms with E-state index in [4.69, 9.17) is 4.74 Å². The zero-order chi connectivity index (χ0) is 30.1. The largest absolute Gasteiger partial charge is 0.444 e. The molecule has 0 atom stereocenters. The first-order valence-electron chi connectivity index (χ1n) is 13.2. The Kier molecular flexibility index (Phi) is 8.24. The molecule has 4 rings (SSSR count). The Morgan fingerprint density at radius 1 is 0.927 bits per heavy atom. The van der Waals surface area contributed by atoms with Crippen molar-refractivity contribution in [2.45, 2.75) is 71.6 Å². The second-order valence-corrected chi connectivity index (χ2v) is 11.3. The Hall–Kier alpha value is -4.21. The molecule has 1 aliphatic rings. The van der Waals surface area contributed by atoms with Crippen molar-refractivity contribution in [3.05, 3.63) is 76.6 Å².